The number of ketones is 1. The molecule has 3 aliphatic carbocycles. The van der Waals surface area contributed by atoms with E-state index < -0.39 is 0 Å². The number of allylic oxidation sites excluding steroid dienone is 1. The van der Waals surface area contributed by atoms with Crippen molar-refractivity contribution in [3.05, 3.63) is 35.7 Å². The van der Waals surface area contributed by atoms with Crippen LogP contribution in [0.1, 0.15) is 76.7 Å². The zero-order chi connectivity index (χ0) is 24.2. The van der Waals surface area contributed by atoms with Crippen LogP contribution in [0.4, 0.5) is 11.6 Å². The smallest absolute Gasteiger partial charge is 0.228 e. The first kappa shape index (κ1) is 22.3. The largest absolute Gasteiger partial charge is 0.367 e. The molecule has 3 saturated carbocycles. The van der Waals surface area contributed by atoms with Crippen LogP contribution in [-0.4, -0.2) is 38.4 Å². The number of Topliss-reactive ketones (excluding diaryl/α,β-unsaturated/α-hetero) is 1. The minimum atomic E-state index is -0.0346. The lowest BCUT2D eigenvalue weighted by Gasteiger charge is -2.29. The second-order valence-electron chi connectivity index (χ2n) is 11.2. The molecule has 0 unspecified atom stereocenters. The summed E-state index contributed by atoms with van der Waals surface area (Å²) >= 11 is 0. The van der Waals surface area contributed by atoms with Crippen LogP contribution in [0.2, 0.25) is 0 Å². The van der Waals surface area contributed by atoms with Crippen molar-refractivity contribution in [2.45, 2.75) is 83.2 Å². The summed E-state index contributed by atoms with van der Waals surface area (Å²) in [5, 5.41) is 14.6. The molecule has 8 heteroatoms. The van der Waals surface area contributed by atoms with Crippen LogP contribution in [0.25, 0.3) is 11.7 Å². The molecule has 2 aromatic rings. The fourth-order valence-electron chi connectivity index (χ4n) is 5.29. The molecule has 0 spiro atoms. The summed E-state index contributed by atoms with van der Waals surface area (Å²) in [5.41, 5.74) is 3.14. The predicted octanol–water partition coefficient (Wildman–Crippen LogP) is 4.45. The molecule has 1 aliphatic heterocycles. The average molecular weight is 475 g/mol. The van der Waals surface area contributed by atoms with Gasteiger partial charge in [-0.1, -0.05) is 13.5 Å². The monoisotopic (exact) mass is 474 g/mol. The summed E-state index contributed by atoms with van der Waals surface area (Å²) in [4.78, 5) is 29.2. The third-order valence-electron chi connectivity index (χ3n) is 8.13. The molecule has 6 rings (SSSR count). The molecule has 4 fully saturated rings. The summed E-state index contributed by atoms with van der Waals surface area (Å²) < 4.78 is 1.85. The first-order chi connectivity index (χ1) is 16.9. The van der Waals surface area contributed by atoms with Crippen LogP contribution in [0.5, 0.6) is 0 Å². The van der Waals surface area contributed by atoms with E-state index in [0.717, 1.165) is 73.4 Å². The number of carbonyl (C=O) groups excluding carboxylic acids is 2. The lowest BCUT2D eigenvalue weighted by molar-refractivity contribution is -0.124. The van der Waals surface area contributed by atoms with Crippen molar-refractivity contribution in [2.24, 2.45) is 11.3 Å². The highest BCUT2D eigenvalue weighted by molar-refractivity contribution is 5.90. The first-order valence-electron chi connectivity index (χ1n) is 13.0. The number of nitrogens with one attached hydrogen (secondary N) is 3. The van der Waals surface area contributed by atoms with E-state index in [4.69, 9.17) is 4.98 Å². The Hall–Kier alpha value is -3.16. The zero-order valence-electron chi connectivity index (χ0n) is 20.4. The van der Waals surface area contributed by atoms with E-state index in [-0.39, 0.29) is 11.3 Å². The molecule has 0 radical (unpaired) electrons. The Labute approximate surface area is 205 Å². The van der Waals surface area contributed by atoms with Gasteiger partial charge in [-0.05, 0) is 68.9 Å². The molecule has 1 saturated heterocycles. The van der Waals surface area contributed by atoms with Gasteiger partial charge in [-0.15, -0.1) is 0 Å². The Morgan fingerprint density at radius 2 is 1.91 bits per heavy atom. The minimum Gasteiger partial charge on any atom is -0.367 e. The molecule has 3 heterocycles. The summed E-state index contributed by atoms with van der Waals surface area (Å²) in [5.74, 6) is 2.73. The number of aromatic nitrogens is 3. The maximum atomic E-state index is 12.5. The molecule has 2 aromatic heterocycles. The minimum absolute atomic E-state index is 0.00808. The van der Waals surface area contributed by atoms with Crippen LogP contribution in [0.15, 0.2) is 30.1 Å². The Kier molecular flexibility index (Phi) is 5.42. The second-order valence-corrected chi connectivity index (χ2v) is 11.2. The van der Waals surface area contributed by atoms with Crippen LogP contribution in [0, 0.1) is 11.3 Å². The van der Waals surface area contributed by atoms with Crippen molar-refractivity contribution in [3.63, 3.8) is 0 Å². The van der Waals surface area contributed by atoms with Gasteiger partial charge in [-0.2, -0.15) is 9.61 Å². The number of hydrogen-bond donors (Lipinski definition) is 3. The number of rotatable bonds is 8. The van der Waals surface area contributed by atoms with Crippen molar-refractivity contribution in [1.29, 1.82) is 0 Å². The van der Waals surface area contributed by atoms with Gasteiger partial charge >= 0.3 is 0 Å². The topological polar surface area (TPSA) is 100 Å². The molecule has 1 amide bonds. The van der Waals surface area contributed by atoms with Crippen molar-refractivity contribution >= 4 is 35.0 Å². The molecule has 0 bridgehead atoms. The standard InChI is InChI=1S/C27H34N6O2/c1-16-18(13-25(35)29-16)12-19-15-28-33-24(31-21-7-8-21)14-23(32-26(19)33)30-20-5-3-17(4-6-20)11-22(34)27(2)9-10-27/h12,14-15,17,20-21,31H,1,3-11,13H2,2H3,(H,29,35)(H,30,32)/b18-12+. The molecule has 8 nitrogen and oxygen atoms in total. The molecule has 3 N–H and O–H groups in total. The van der Waals surface area contributed by atoms with Gasteiger partial charge < -0.3 is 16.0 Å². The van der Waals surface area contributed by atoms with Gasteiger partial charge in [0, 0.05) is 41.2 Å². The van der Waals surface area contributed by atoms with Crippen molar-refractivity contribution in [1.82, 2.24) is 19.9 Å². The number of hydrogen-bond acceptors (Lipinski definition) is 6. The van der Waals surface area contributed by atoms with E-state index in [1.807, 2.05) is 10.6 Å². The van der Waals surface area contributed by atoms with Crippen LogP contribution >= 0.6 is 0 Å². The van der Waals surface area contributed by atoms with E-state index in [9.17, 15) is 9.59 Å². The van der Waals surface area contributed by atoms with E-state index >= 15 is 0 Å². The van der Waals surface area contributed by atoms with Gasteiger partial charge in [-0.3, -0.25) is 9.59 Å². The molecule has 184 valence electrons. The van der Waals surface area contributed by atoms with E-state index in [0.29, 0.717) is 35.9 Å². The van der Waals surface area contributed by atoms with E-state index in [1.54, 1.807) is 6.20 Å². The molecular weight excluding hydrogens is 440 g/mol. The molecule has 0 aromatic carbocycles. The summed E-state index contributed by atoms with van der Waals surface area (Å²) in [6.45, 7) is 6.07. The zero-order valence-corrected chi connectivity index (χ0v) is 20.4. The summed E-state index contributed by atoms with van der Waals surface area (Å²) in [6, 6.07) is 2.89. The fourth-order valence-corrected chi connectivity index (χ4v) is 5.29. The summed E-state index contributed by atoms with van der Waals surface area (Å²) in [6.07, 6.45) is 13.6. The van der Waals surface area contributed by atoms with Crippen LogP contribution in [0.3, 0.4) is 0 Å². The quantitative estimate of drug-likeness (QED) is 0.523. The average Bonchev–Trinajstić information content (AvgIpc) is 3.73. The third kappa shape index (κ3) is 4.70. The maximum Gasteiger partial charge on any atom is 0.228 e. The fraction of sp³-hybridized carbons (Fsp3) is 0.556. The van der Waals surface area contributed by atoms with Gasteiger partial charge in [0.05, 0.1) is 12.6 Å². The highest BCUT2D eigenvalue weighted by Gasteiger charge is 2.44. The maximum absolute atomic E-state index is 12.5. The van der Waals surface area contributed by atoms with E-state index in [2.05, 4.69) is 40.6 Å². The molecule has 0 atom stereocenters. The highest BCUT2D eigenvalue weighted by Crippen LogP contribution is 2.47. The number of fused-ring (bicyclic) bond motifs is 1. The molecule has 35 heavy (non-hydrogen) atoms. The van der Waals surface area contributed by atoms with Crippen LogP contribution < -0.4 is 16.0 Å². The Morgan fingerprint density at radius 3 is 2.57 bits per heavy atom. The van der Waals surface area contributed by atoms with Gasteiger partial charge in [0.25, 0.3) is 0 Å². The highest BCUT2D eigenvalue weighted by atomic mass is 16.2. The lowest BCUT2D eigenvalue weighted by atomic mass is 9.81. The summed E-state index contributed by atoms with van der Waals surface area (Å²) in [7, 11) is 0. The Bertz CT molecular complexity index is 1230. The van der Waals surface area contributed by atoms with E-state index in [1.165, 1.54) is 12.8 Å². The lowest BCUT2D eigenvalue weighted by Crippen LogP contribution is -2.28. The first-order valence-corrected chi connectivity index (χ1v) is 13.0. The van der Waals surface area contributed by atoms with Gasteiger partial charge in [0.2, 0.25) is 5.91 Å². The molecule has 4 aliphatic rings. The third-order valence-corrected chi connectivity index (χ3v) is 8.13. The van der Waals surface area contributed by atoms with Gasteiger partial charge in [0.15, 0.2) is 5.65 Å². The number of amides is 1. The number of carbonyl (C=O) groups is 2. The molecular formula is C27H34N6O2. The van der Waals surface area contributed by atoms with Crippen molar-refractivity contribution in [3.8, 4) is 0 Å². The van der Waals surface area contributed by atoms with Gasteiger partial charge in [-0.25, -0.2) is 4.98 Å². The Morgan fingerprint density at radius 1 is 1.20 bits per heavy atom. The van der Waals surface area contributed by atoms with Gasteiger partial charge in [0.1, 0.15) is 17.4 Å². The second kappa shape index (κ2) is 8.50. The van der Waals surface area contributed by atoms with Crippen molar-refractivity contribution in [2.75, 3.05) is 10.6 Å². The number of nitrogens with zero attached hydrogens (tertiary/aromatic N) is 3. The predicted molar refractivity (Wildman–Crippen MR) is 136 cm³/mol. The van der Waals surface area contributed by atoms with Crippen molar-refractivity contribution < 1.29 is 9.59 Å². The Balaban J connectivity index is 1.19. The number of anilines is 2. The van der Waals surface area contributed by atoms with Crippen LogP contribution in [-0.2, 0) is 9.59 Å². The SMILES string of the molecule is C=C1NC(=O)C/C1=C\c1cnn2c(NC3CC3)cc(NC3CCC(CC(=O)C4(C)CC4)CC3)nc12. The normalized spacial score (nSPS) is 26.7.